The second-order valence-corrected chi connectivity index (χ2v) is 11.8. The summed E-state index contributed by atoms with van der Waals surface area (Å²) in [5.74, 6) is 2.36. The molecule has 0 atom stereocenters. The maximum Gasteiger partial charge on any atom is 0.227 e. The van der Waals surface area contributed by atoms with Crippen molar-refractivity contribution in [2.45, 2.75) is 0 Å². The van der Waals surface area contributed by atoms with Gasteiger partial charge < -0.3 is 8.83 Å². The third-order valence-corrected chi connectivity index (χ3v) is 8.94. The Morgan fingerprint density at radius 3 is 1.69 bits per heavy atom. The molecule has 6 nitrogen and oxygen atoms in total. The van der Waals surface area contributed by atoms with Gasteiger partial charge in [0.05, 0.1) is 5.39 Å². The van der Waals surface area contributed by atoms with Crippen molar-refractivity contribution >= 4 is 54.6 Å². The van der Waals surface area contributed by atoms with Crippen molar-refractivity contribution in [1.82, 2.24) is 19.9 Å². The molecule has 0 saturated heterocycles. The van der Waals surface area contributed by atoms with E-state index in [0.717, 1.165) is 71.3 Å². The Balaban J connectivity index is 1.31. The highest BCUT2D eigenvalue weighted by Crippen LogP contribution is 2.44. The van der Waals surface area contributed by atoms with Crippen LogP contribution in [0.15, 0.2) is 154 Å². The van der Waals surface area contributed by atoms with Gasteiger partial charge in [0.1, 0.15) is 16.7 Å². The Kier molecular flexibility index (Phi) is 5.77. The van der Waals surface area contributed by atoms with Gasteiger partial charge in [-0.05, 0) is 52.6 Å². The smallest absolute Gasteiger partial charge is 0.227 e. The molecule has 10 rings (SSSR count). The quantitative estimate of drug-likeness (QED) is 0.183. The zero-order valence-corrected chi connectivity index (χ0v) is 25.5. The van der Waals surface area contributed by atoms with Gasteiger partial charge in [0.15, 0.2) is 23.1 Å². The topological polar surface area (TPSA) is 77.8 Å². The third-order valence-electron chi connectivity index (χ3n) is 8.94. The number of fused-ring (bicyclic) bond motifs is 9. The van der Waals surface area contributed by atoms with Crippen molar-refractivity contribution in [2.24, 2.45) is 0 Å². The molecule has 0 aliphatic rings. The molecule has 224 valence electrons. The Morgan fingerprint density at radius 2 is 0.979 bits per heavy atom. The van der Waals surface area contributed by atoms with Crippen LogP contribution in [-0.4, -0.2) is 19.9 Å². The van der Waals surface area contributed by atoms with E-state index in [1.807, 2.05) is 103 Å². The predicted octanol–water partition coefficient (Wildman–Crippen LogP) is 10.9. The average Bonchev–Trinajstić information content (AvgIpc) is 3.77. The van der Waals surface area contributed by atoms with E-state index in [9.17, 15) is 0 Å². The number of rotatable bonds is 4. The first-order valence-electron chi connectivity index (χ1n) is 15.8. The fourth-order valence-corrected chi connectivity index (χ4v) is 6.71. The van der Waals surface area contributed by atoms with E-state index in [-0.39, 0.29) is 0 Å². The summed E-state index contributed by atoms with van der Waals surface area (Å²) in [6.45, 7) is 0. The summed E-state index contributed by atoms with van der Waals surface area (Å²) in [5, 5.41) is 6.07. The largest absolute Gasteiger partial charge is 0.455 e. The zero-order valence-electron chi connectivity index (χ0n) is 25.5. The lowest BCUT2D eigenvalue weighted by molar-refractivity contribution is 0.619. The van der Waals surface area contributed by atoms with E-state index in [2.05, 4.69) is 42.5 Å². The van der Waals surface area contributed by atoms with Gasteiger partial charge in [-0.2, -0.15) is 0 Å². The van der Waals surface area contributed by atoms with Crippen LogP contribution in [0.5, 0.6) is 0 Å². The van der Waals surface area contributed by atoms with Crippen molar-refractivity contribution in [3.05, 3.63) is 146 Å². The number of benzene rings is 7. The summed E-state index contributed by atoms with van der Waals surface area (Å²) < 4.78 is 13.0. The predicted molar refractivity (Wildman–Crippen MR) is 191 cm³/mol. The van der Waals surface area contributed by atoms with E-state index < -0.39 is 0 Å². The molecule has 0 radical (unpaired) electrons. The minimum Gasteiger partial charge on any atom is -0.455 e. The molecule has 0 N–H and O–H groups in total. The highest BCUT2D eigenvalue weighted by Gasteiger charge is 2.22. The highest BCUT2D eigenvalue weighted by atomic mass is 16.4. The van der Waals surface area contributed by atoms with Gasteiger partial charge in [-0.25, -0.2) is 19.9 Å². The Labute approximate surface area is 274 Å². The zero-order chi connectivity index (χ0) is 31.6. The van der Waals surface area contributed by atoms with Crippen LogP contribution in [0.4, 0.5) is 0 Å². The van der Waals surface area contributed by atoms with Crippen LogP contribution in [0.25, 0.3) is 100 Å². The minimum absolute atomic E-state index is 0.573. The number of hydrogen-bond acceptors (Lipinski definition) is 6. The van der Waals surface area contributed by atoms with Gasteiger partial charge in [0.25, 0.3) is 0 Å². The molecule has 0 saturated carbocycles. The Hall–Kier alpha value is -6.66. The second kappa shape index (κ2) is 10.4. The van der Waals surface area contributed by atoms with Gasteiger partial charge in [0.2, 0.25) is 5.89 Å². The number of oxazole rings is 1. The van der Waals surface area contributed by atoms with Crippen molar-refractivity contribution in [3.8, 4) is 45.6 Å². The Bertz CT molecular complexity index is 2770. The first-order valence-corrected chi connectivity index (χ1v) is 15.8. The molecule has 0 spiro atoms. The second-order valence-electron chi connectivity index (χ2n) is 11.8. The number of furan rings is 1. The molecule has 0 aliphatic heterocycles. The van der Waals surface area contributed by atoms with Crippen molar-refractivity contribution in [2.75, 3.05) is 0 Å². The number of aromatic nitrogens is 4. The van der Waals surface area contributed by atoms with E-state index in [4.69, 9.17) is 28.8 Å². The monoisotopic (exact) mass is 616 g/mol. The highest BCUT2D eigenvalue weighted by molar-refractivity contribution is 6.27. The molecule has 7 aromatic carbocycles. The van der Waals surface area contributed by atoms with Crippen LogP contribution >= 0.6 is 0 Å². The molecule has 3 heterocycles. The SMILES string of the molecule is c1ccc(-c2nc(-c3ccccc3)nc(-c3cc4ccccc4c4ccc5c(oc6ccc7oc(-c8ccccc8)nc7c65)c34)n2)cc1. The van der Waals surface area contributed by atoms with Crippen molar-refractivity contribution in [1.29, 1.82) is 0 Å². The first-order chi connectivity index (χ1) is 23.8. The Morgan fingerprint density at radius 1 is 0.396 bits per heavy atom. The average molecular weight is 617 g/mol. The van der Waals surface area contributed by atoms with Crippen LogP contribution in [-0.2, 0) is 0 Å². The molecular formula is C42H24N4O2. The molecule has 0 amide bonds. The summed E-state index contributed by atoms with van der Waals surface area (Å²) in [5.41, 5.74) is 6.59. The molecule has 0 bridgehead atoms. The standard InChI is InChI=1S/C42H24N4O2/c1-4-12-25(13-5-1)39-44-40(26-14-6-2-7-15-26)46-41(45-39)32-24-28-18-10-11-19-29(28)30-20-21-31-36-33(47-38(31)35(30)32)22-23-34-37(36)43-42(48-34)27-16-8-3-9-17-27/h1-24H. The van der Waals surface area contributed by atoms with Crippen molar-refractivity contribution < 1.29 is 8.83 Å². The van der Waals surface area contributed by atoms with E-state index >= 15 is 0 Å². The molecular weight excluding hydrogens is 592 g/mol. The molecule has 0 unspecified atom stereocenters. The normalized spacial score (nSPS) is 11.8. The van der Waals surface area contributed by atoms with Crippen molar-refractivity contribution in [3.63, 3.8) is 0 Å². The third kappa shape index (κ3) is 4.13. The summed E-state index contributed by atoms with van der Waals surface area (Å²) in [4.78, 5) is 20.1. The molecule has 10 aromatic rings. The van der Waals surface area contributed by atoms with E-state index in [0.29, 0.717) is 28.9 Å². The van der Waals surface area contributed by atoms with E-state index in [1.165, 1.54) is 0 Å². The molecule has 3 aromatic heterocycles. The van der Waals surface area contributed by atoms with Crippen LogP contribution in [0.3, 0.4) is 0 Å². The molecule has 0 aliphatic carbocycles. The minimum atomic E-state index is 0.573. The van der Waals surface area contributed by atoms with Gasteiger partial charge >= 0.3 is 0 Å². The van der Waals surface area contributed by atoms with Gasteiger partial charge in [-0.1, -0.05) is 109 Å². The summed E-state index contributed by atoms with van der Waals surface area (Å²) >= 11 is 0. The maximum absolute atomic E-state index is 6.78. The maximum atomic E-state index is 6.78. The first kappa shape index (κ1) is 26.5. The lowest BCUT2D eigenvalue weighted by Crippen LogP contribution is -2.00. The summed E-state index contributed by atoms with van der Waals surface area (Å²) in [6, 6.07) is 48.8. The van der Waals surface area contributed by atoms with Crippen LogP contribution in [0, 0.1) is 0 Å². The summed E-state index contributed by atoms with van der Waals surface area (Å²) in [6.07, 6.45) is 0. The van der Waals surface area contributed by atoms with Gasteiger partial charge in [0, 0.05) is 33.0 Å². The number of hydrogen-bond donors (Lipinski definition) is 0. The fourth-order valence-electron chi connectivity index (χ4n) is 6.71. The van der Waals surface area contributed by atoms with Crippen LogP contribution in [0.1, 0.15) is 0 Å². The van der Waals surface area contributed by atoms with Gasteiger partial charge in [-0.15, -0.1) is 0 Å². The van der Waals surface area contributed by atoms with E-state index in [1.54, 1.807) is 0 Å². The lowest BCUT2D eigenvalue weighted by Gasteiger charge is -2.13. The fraction of sp³-hybridized carbons (Fsp3) is 0. The molecule has 6 heteroatoms. The van der Waals surface area contributed by atoms with Crippen LogP contribution in [0.2, 0.25) is 0 Å². The lowest BCUT2D eigenvalue weighted by atomic mass is 9.94. The van der Waals surface area contributed by atoms with Crippen LogP contribution < -0.4 is 0 Å². The molecule has 48 heavy (non-hydrogen) atoms. The molecule has 0 fully saturated rings. The van der Waals surface area contributed by atoms with Gasteiger partial charge in [-0.3, -0.25) is 0 Å². The number of nitrogens with zero attached hydrogens (tertiary/aromatic N) is 4. The summed E-state index contributed by atoms with van der Waals surface area (Å²) in [7, 11) is 0.